The van der Waals surface area contributed by atoms with Crippen LogP contribution in [0.25, 0.3) is 6.08 Å². The third kappa shape index (κ3) is 3.80. The average Bonchev–Trinajstić information content (AvgIpc) is 3.38. The summed E-state index contributed by atoms with van der Waals surface area (Å²) in [5.74, 6) is 1.52. The maximum absolute atomic E-state index is 12.8. The Morgan fingerprint density at radius 2 is 2.10 bits per heavy atom. The summed E-state index contributed by atoms with van der Waals surface area (Å²) in [6.45, 7) is 3.90. The number of allylic oxidation sites excluding steroid dienone is 1. The molecule has 6 heteroatoms. The number of ketones is 1. The molecule has 5 nitrogen and oxygen atoms in total. The molecule has 4 heterocycles. The lowest BCUT2D eigenvalue weighted by Crippen LogP contribution is -2.50. The summed E-state index contributed by atoms with van der Waals surface area (Å²) >= 11 is 1.56. The number of carbonyl (C=O) groups is 1. The van der Waals surface area contributed by atoms with Crippen LogP contribution in [0.15, 0.2) is 35.4 Å². The summed E-state index contributed by atoms with van der Waals surface area (Å²) in [5, 5.41) is 16.0. The highest BCUT2D eigenvalue weighted by Gasteiger charge is 2.34. The van der Waals surface area contributed by atoms with Gasteiger partial charge in [0.1, 0.15) is 11.5 Å². The lowest BCUT2D eigenvalue weighted by Gasteiger charge is -2.44. The molecule has 5 rings (SSSR count). The fourth-order valence-corrected chi connectivity index (χ4v) is 5.81. The molecule has 1 aromatic carbocycles. The first-order chi connectivity index (χ1) is 14.7. The van der Waals surface area contributed by atoms with E-state index in [0.29, 0.717) is 41.1 Å². The molecule has 2 saturated heterocycles. The van der Waals surface area contributed by atoms with Crippen molar-refractivity contribution in [3.63, 3.8) is 0 Å². The number of nitrogens with zero attached hydrogens (tertiary/aromatic N) is 1. The van der Waals surface area contributed by atoms with Crippen LogP contribution in [0.2, 0.25) is 0 Å². The van der Waals surface area contributed by atoms with Crippen LogP contribution < -0.4 is 10.1 Å². The van der Waals surface area contributed by atoms with Crippen molar-refractivity contribution < 1.29 is 14.6 Å². The molecule has 0 saturated carbocycles. The van der Waals surface area contributed by atoms with Gasteiger partial charge in [-0.1, -0.05) is 12.5 Å². The van der Waals surface area contributed by atoms with Crippen molar-refractivity contribution in [1.29, 1.82) is 0 Å². The van der Waals surface area contributed by atoms with Gasteiger partial charge in [-0.05, 0) is 74.8 Å². The Kier molecular flexibility index (Phi) is 5.63. The molecule has 3 aliphatic heterocycles. The number of Topliss-reactive ketones (excluding diaryl/α,β-unsaturated/α-hetero) is 1. The quantitative estimate of drug-likeness (QED) is 0.696. The molecule has 0 aliphatic carbocycles. The third-order valence-electron chi connectivity index (χ3n) is 6.67. The highest BCUT2D eigenvalue weighted by molar-refractivity contribution is 7.10. The topological polar surface area (TPSA) is 61.8 Å². The third-order valence-corrected chi connectivity index (χ3v) is 7.49. The number of rotatable bonds is 5. The number of hydrogen-bond acceptors (Lipinski definition) is 6. The van der Waals surface area contributed by atoms with Crippen LogP contribution in [0, 0.1) is 5.92 Å². The van der Waals surface area contributed by atoms with Crippen molar-refractivity contribution >= 4 is 23.2 Å². The maximum Gasteiger partial charge on any atom is 0.232 e. The number of ether oxygens (including phenoxy) is 1. The monoisotopic (exact) mass is 424 g/mol. The summed E-state index contributed by atoms with van der Waals surface area (Å²) in [7, 11) is 0. The Labute approximate surface area is 181 Å². The molecule has 3 aliphatic rings. The van der Waals surface area contributed by atoms with Crippen molar-refractivity contribution in [2.75, 3.05) is 19.6 Å². The van der Waals surface area contributed by atoms with Crippen LogP contribution in [-0.4, -0.2) is 41.5 Å². The number of hydrogen-bond donors (Lipinski definition) is 2. The number of phenolic OH excluding ortho intramolecular Hbond substituents is 1. The first-order valence-corrected chi connectivity index (χ1v) is 11.9. The summed E-state index contributed by atoms with van der Waals surface area (Å²) < 4.78 is 5.94. The summed E-state index contributed by atoms with van der Waals surface area (Å²) in [5.41, 5.74) is 1.20. The molecular formula is C24H28N2O3S. The molecule has 0 bridgehead atoms. The highest BCUT2D eigenvalue weighted by atomic mass is 32.1. The summed E-state index contributed by atoms with van der Waals surface area (Å²) in [6, 6.07) is 7.86. The van der Waals surface area contributed by atoms with E-state index in [9.17, 15) is 9.90 Å². The summed E-state index contributed by atoms with van der Waals surface area (Å²) in [6.07, 6.45) is 8.26. The second-order valence-corrected chi connectivity index (χ2v) is 9.51. The van der Waals surface area contributed by atoms with E-state index in [1.54, 1.807) is 29.5 Å². The molecule has 2 fully saturated rings. The molecule has 30 heavy (non-hydrogen) atoms. The number of fused-ring (bicyclic) bond motifs is 2. The van der Waals surface area contributed by atoms with Gasteiger partial charge in [0.15, 0.2) is 5.76 Å². The van der Waals surface area contributed by atoms with Crippen molar-refractivity contribution in [1.82, 2.24) is 10.2 Å². The average molecular weight is 425 g/mol. The molecule has 0 spiro atoms. The van der Waals surface area contributed by atoms with Crippen LogP contribution in [0.4, 0.5) is 0 Å². The molecule has 1 aromatic heterocycles. The Bertz CT molecular complexity index is 952. The Hall–Kier alpha value is -2.15. The van der Waals surface area contributed by atoms with E-state index in [2.05, 4.69) is 10.2 Å². The van der Waals surface area contributed by atoms with E-state index in [0.717, 1.165) is 11.4 Å². The maximum atomic E-state index is 12.8. The predicted octanol–water partition coefficient (Wildman–Crippen LogP) is 4.42. The van der Waals surface area contributed by atoms with Crippen LogP contribution in [-0.2, 0) is 6.54 Å². The number of benzene rings is 1. The van der Waals surface area contributed by atoms with Gasteiger partial charge in [-0.25, -0.2) is 0 Å². The normalized spacial score (nSPS) is 25.2. The molecular weight excluding hydrogens is 396 g/mol. The fraction of sp³-hybridized carbons (Fsp3) is 0.458. The van der Waals surface area contributed by atoms with Crippen molar-refractivity contribution in [2.45, 2.75) is 44.7 Å². The van der Waals surface area contributed by atoms with Crippen molar-refractivity contribution in [2.24, 2.45) is 5.92 Å². The minimum atomic E-state index is -0.121. The molecule has 158 valence electrons. The van der Waals surface area contributed by atoms with Crippen LogP contribution in [0.1, 0.15) is 52.9 Å². The number of carbonyl (C=O) groups excluding carboxylic acids is 1. The van der Waals surface area contributed by atoms with Crippen LogP contribution in [0.5, 0.6) is 11.5 Å². The molecule has 0 radical (unpaired) electrons. The highest BCUT2D eigenvalue weighted by Crippen LogP contribution is 2.40. The van der Waals surface area contributed by atoms with Crippen molar-refractivity contribution in [3.05, 3.63) is 51.4 Å². The molecule has 2 atom stereocenters. The number of piperidine rings is 2. The van der Waals surface area contributed by atoms with E-state index in [4.69, 9.17) is 4.74 Å². The van der Waals surface area contributed by atoms with E-state index in [1.165, 1.54) is 45.2 Å². The van der Waals surface area contributed by atoms with Gasteiger partial charge in [-0.15, -0.1) is 11.3 Å². The van der Waals surface area contributed by atoms with E-state index < -0.39 is 0 Å². The Balaban J connectivity index is 1.29. The summed E-state index contributed by atoms with van der Waals surface area (Å²) in [4.78, 5) is 16.4. The molecule has 2 unspecified atom stereocenters. The number of phenols is 1. The lowest BCUT2D eigenvalue weighted by molar-refractivity contribution is 0.0593. The zero-order chi connectivity index (χ0) is 20.5. The first-order valence-electron chi connectivity index (χ1n) is 11.0. The van der Waals surface area contributed by atoms with Gasteiger partial charge in [-0.3, -0.25) is 4.79 Å². The number of nitrogens with one attached hydrogen (secondary N) is 1. The number of aromatic hydroxyl groups is 1. The predicted molar refractivity (Wildman–Crippen MR) is 119 cm³/mol. The van der Waals surface area contributed by atoms with Gasteiger partial charge in [0.05, 0.1) is 11.1 Å². The van der Waals surface area contributed by atoms with Gasteiger partial charge in [-0.2, -0.15) is 0 Å². The van der Waals surface area contributed by atoms with Gasteiger partial charge in [0, 0.05) is 23.5 Å². The first kappa shape index (κ1) is 19.8. The van der Waals surface area contributed by atoms with Gasteiger partial charge < -0.3 is 20.1 Å². The standard InChI is InChI=1S/C24H28N2O3S/c27-21-9-8-18-23(28)22(13-17-6-4-12-30-17)29-24(18)19(21)15-25-14-16-5-3-11-26-10-2-1-7-20(16)26/h4,6,8-9,12-13,16,20,25,27H,1-3,5,7,10-11,14-15H2. The largest absolute Gasteiger partial charge is 0.507 e. The second kappa shape index (κ2) is 8.53. The SMILES string of the molecule is O=C1C(=Cc2cccs2)Oc2c1ccc(O)c2CNCC1CCCN2CCCCC12. The van der Waals surface area contributed by atoms with Crippen molar-refractivity contribution in [3.8, 4) is 11.5 Å². The fourth-order valence-electron chi connectivity index (χ4n) is 5.17. The van der Waals surface area contributed by atoms with Gasteiger partial charge in [0.25, 0.3) is 0 Å². The smallest absolute Gasteiger partial charge is 0.232 e. The minimum Gasteiger partial charge on any atom is -0.507 e. The molecule has 2 N–H and O–H groups in total. The Morgan fingerprint density at radius 1 is 1.20 bits per heavy atom. The minimum absolute atomic E-state index is 0.121. The van der Waals surface area contributed by atoms with E-state index in [-0.39, 0.29) is 11.5 Å². The molecule has 2 aromatic rings. The van der Waals surface area contributed by atoms with Gasteiger partial charge >= 0.3 is 0 Å². The molecule has 0 amide bonds. The van der Waals surface area contributed by atoms with E-state index in [1.807, 2.05) is 17.5 Å². The Morgan fingerprint density at radius 3 is 2.97 bits per heavy atom. The zero-order valence-corrected chi connectivity index (χ0v) is 17.9. The lowest BCUT2D eigenvalue weighted by atomic mass is 9.83. The second-order valence-electron chi connectivity index (χ2n) is 8.53. The van der Waals surface area contributed by atoms with Crippen LogP contribution in [0.3, 0.4) is 0 Å². The number of thiophene rings is 1. The van der Waals surface area contributed by atoms with Crippen LogP contribution >= 0.6 is 11.3 Å². The van der Waals surface area contributed by atoms with E-state index >= 15 is 0 Å². The zero-order valence-electron chi connectivity index (χ0n) is 17.1. The van der Waals surface area contributed by atoms with Gasteiger partial charge in [0.2, 0.25) is 5.78 Å².